The number of morpholine rings is 1. The van der Waals surface area contributed by atoms with Crippen LogP contribution in [0.5, 0.6) is 11.5 Å². The first kappa shape index (κ1) is 26.0. The Kier molecular flexibility index (Phi) is 9.88. The van der Waals surface area contributed by atoms with E-state index in [1.807, 2.05) is 24.3 Å². The molecule has 1 fully saturated rings. The van der Waals surface area contributed by atoms with Crippen molar-refractivity contribution in [2.24, 2.45) is 0 Å². The Morgan fingerprint density at radius 2 is 1.83 bits per heavy atom. The number of hydrogen-bond donors (Lipinski definition) is 2. The normalized spacial score (nSPS) is 13.5. The fraction of sp³-hybridized carbons (Fsp3) is 0.400. The summed E-state index contributed by atoms with van der Waals surface area (Å²) in [6.07, 6.45) is 0.405. The van der Waals surface area contributed by atoms with Crippen LogP contribution in [0.2, 0.25) is 0 Å². The molecule has 0 aromatic heterocycles. The smallest absolute Gasteiger partial charge is 0.343 e. The number of anilines is 1. The Hall–Kier alpha value is -3.63. The minimum atomic E-state index is -0.524. The number of amides is 2. The third-order valence-corrected chi connectivity index (χ3v) is 5.42. The van der Waals surface area contributed by atoms with E-state index in [9.17, 15) is 14.4 Å². The van der Waals surface area contributed by atoms with Crippen LogP contribution in [0.3, 0.4) is 0 Å². The zero-order valence-corrected chi connectivity index (χ0v) is 20.0. The van der Waals surface area contributed by atoms with Crippen LogP contribution in [-0.2, 0) is 25.6 Å². The fourth-order valence-corrected chi connectivity index (χ4v) is 3.48. The van der Waals surface area contributed by atoms with Crippen LogP contribution in [0, 0.1) is 0 Å². The lowest BCUT2D eigenvalue weighted by Crippen LogP contribution is -2.38. The van der Waals surface area contributed by atoms with Gasteiger partial charge >= 0.3 is 5.97 Å². The highest BCUT2D eigenvalue weighted by Crippen LogP contribution is 2.28. The number of nitrogens with zero attached hydrogens (tertiary/aromatic N) is 1. The summed E-state index contributed by atoms with van der Waals surface area (Å²) in [6, 6.07) is 12.0. The highest BCUT2D eigenvalue weighted by Gasteiger charge is 2.14. The van der Waals surface area contributed by atoms with E-state index in [0.29, 0.717) is 48.9 Å². The molecule has 0 unspecified atom stereocenters. The molecule has 2 aromatic carbocycles. The standard InChI is InChI=1S/C25H31N3O7/c1-32-22-15-19(6-7-21(22)35-17-24(30)33-2)25(31)26-16-18-4-3-5-20(14-18)27-23(29)8-9-28-10-12-34-13-11-28/h3-7,14-15H,8-13,16-17H2,1-2H3,(H,26,31)(H,27,29). The van der Waals surface area contributed by atoms with Crippen molar-refractivity contribution in [1.29, 1.82) is 0 Å². The van der Waals surface area contributed by atoms with Crippen molar-refractivity contribution in [2.45, 2.75) is 13.0 Å². The van der Waals surface area contributed by atoms with Gasteiger partial charge in [-0.15, -0.1) is 0 Å². The molecular formula is C25H31N3O7. The van der Waals surface area contributed by atoms with E-state index in [-0.39, 0.29) is 25.0 Å². The van der Waals surface area contributed by atoms with Crippen LogP contribution in [0.25, 0.3) is 0 Å². The van der Waals surface area contributed by atoms with Crippen molar-refractivity contribution < 1.29 is 33.3 Å². The quantitative estimate of drug-likeness (QED) is 0.464. The van der Waals surface area contributed by atoms with Crippen LogP contribution in [0.15, 0.2) is 42.5 Å². The number of carbonyl (C=O) groups is 3. The van der Waals surface area contributed by atoms with Gasteiger partial charge in [-0.1, -0.05) is 12.1 Å². The van der Waals surface area contributed by atoms with Crippen molar-refractivity contribution in [3.05, 3.63) is 53.6 Å². The zero-order valence-electron chi connectivity index (χ0n) is 20.0. The fourth-order valence-electron chi connectivity index (χ4n) is 3.48. The van der Waals surface area contributed by atoms with Gasteiger partial charge in [-0.05, 0) is 35.9 Å². The van der Waals surface area contributed by atoms with E-state index < -0.39 is 5.97 Å². The number of carbonyl (C=O) groups excluding carboxylic acids is 3. The Balaban J connectivity index is 1.50. The number of nitrogens with one attached hydrogen (secondary N) is 2. The van der Waals surface area contributed by atoms with Crippen LogP contribution >= 0.6 is 0 Å². The second-order valence-electron chi connectivity index (χ2n) is 7.87. The molecule has 188 valence electrons. The van der Waals surface area contributed by atoms with E-state index in [0.717, 1.165) is 18.7 Å². The van der Waals surface area contributed by atoms with E-state index in [4.69, 9.17) is 14.2 Å². The predicted molar refractivity (Wildman–Crippen MR) is 129 cm³/mol. The van der Waals surface area contributed by atoms with Gasteiger partial charge in [-0.2, -0.15) is 0 Å². The summed E-state index contributed by atoms with van der Waals surface area (Å²) in [4.78, 5) is 38.5. The summed E-state index contributed by atoms with van der Waals surface area (Å²) in [7, 11) is 2.72. The van der Waals surface area contributed by atoms with Gasteiger partial charge in [0, 0.05) is 43.9 Å². The lowest BCUT2D eigenvalue weighted by Gasteiger charge is -2.26. The minimum Gasteiger partial charge on any atom is -0.493 e. The highest BCUT2D eigenvalue weighted by atomic mass is 16.6. The van der Waals surface area contributed by atoms with Gasteiger partial charge in [0.2, 0.25) is 5.91 Å². The summed E-state index contributed by atoms with van der Waals surface area (Å²) in [6.45, 7) is 3.80. The molecular weight excluding hydrogens is 454 g/mol. The monoisotopic (exact) mass is 485 g/mol. The molecule has 2 amide bonds. The Morgan fingerprint density at radius 1 is 1.03 bits per heavy atom. The summed E-state index contributed by atoms with van der Waals surface area (Å²) in [5.74, 6) is -0.235. The van der Waals surface area contributed by atoms with Gasteiger partial charge in [0.25, 0.3) is 5.91 Å². The summed E-state index contributed by atoms with van der Waals surface area (Å²) in [5, 5.41) is 5.77. The highest BCUT2D eigenvalue weighted by molar-refractivity contribution is 5.95. The molecule has 1 aliphatic rings. The van der Waals surface area contributed by atoms with Gasteiger partial charge < -0.3 is 29.6 Å². The first-order chi connectivity index (χ1) is 17.0. The van der Waals surface area contributed by atoms with Crippen LogP contribution in [0.4, 0.5) is 5.69 Å². The van der Waals surface area contributed by atoms with Crippen molar-refractivity contribution in [3.63, 3.8) is 0 Å². The Morgan fingerprint density at radius 3 is 2.57 bits per heavy atom. The van der Waals surface area contributed by atoms with E-state index >= 15 is 0 Å². The second-order valence-corrected chi connectivity index (χ2v) is 7.87. The third kappa shape index (κ3) is 8.27. The molecule has 0 saturated carbocycles. The number of methoxy groups -OCH3 is 2. The molecule has 0 bridgehead atoms. The first-order valence-electron chi connectivity index (χ1n) is 11.3. The lowest BCUT2D eigenvalue weighted by atomic mass is 10.1. The number of benzene rings is 2. The van der Waals surface area contributed by atoms with Crippen molar-refractivity contribution in [2.75, 3.05) is 59.0 Å². The summed E-state index contributed by atoms with van der Waals surface area (Å²) in [5.41, 5.74) is 1.90. The van der Waals surface area contributed by atoms with Gasteiger partial charge in [0.15, 0.2) is 18.1 Å². The van der Waals surface area contributed by atoms with Crippen molar-refractivity contribution >= 4 is 23.5 Å². The lowest BCUT2D eigenvalue weighted by molar-refractivity contribution is -0.142. The molecule has 2 N–H and O–H groups in total. The number of rotatable bonds is 11. The maximum atomic E-state index is 12.6. The van der Waals surface area contributed by atoms with Gasteiger partial charge in [0.05, 0.1) is 27.4 Å². The van der Waals surface area contributed by atoms with E-state index in [1.165, 1.54) is 20.3 Å². The van der Waals surface area contributed by atoms with Crippen LogP contribution in [0.1, 0.15) is 22.3 Å². The molecule has 0 atom stereocenters. The molecule has 1 aliphatic heterocycles. The average Bonchev–Trinajstić information content (AvgIpc) is 2.89. The molecule has 3 rings (SSSR count). The average molecular weight is 486 g/mol. The van der Waals surface area contributed by atoms with Crippen molar-refractivity contribution in [3.8, 4) is 11.5 Å². The number of ether oxygens (including phenoxy) is 4. The maximum Gasteiger partial charge on any atom is 0.343 e. The number of hydrogen-bond acceptors (Lipinski definition) is 8. The molecule has 10 heteroatoms. The zero-order chi connectivity index (χ0) is 25.0. The molecule has 1 saturated heterocycles. The molecule has 0 radical (unpaired) electrons. The third-order valence-electron chi connectivity index (χ3n) is 5.42. The van der Waals surface area contributed by atoms with Gasteiger partial charge in [-0.25, -0.2) is 4.79 Å². The largest absolute Gasteiger partial charge is 0.493 e. The molecule has 0 spiro atoms. The van der Waals surface area contributed by atoms with Crippen LogP contribution in [-0.4, -0.2) is 76.4 Å². The topological polar surface area (TPSA) is 115 Å². The number of esters is 1. The van der Waals surface area contributed by atoms with Gasteiger partial charge in [-0.3, -0.25) is 14.5 Å². The maximum absolute atomic E-state index is 12.6. The molecule has 0 aliphatic carbocycles. The Bertz CT molecular complexity index is 1020. The molecule has 1 heterocycles. The van der Waals surface area contributed by atoms with Gasteiger partial charge in [0.1, 0.15) is 0 Å². The van der Waals surface area contributed by atoms with Crippen LogP contribution < -0.4 is 20.1 Å². The predicted octanol–water partition coefficient (Wildman–Crippen LogP) is 1.84. The first-order valence-corrected chi connectivity index (χ1v) is 11.3. The summed E-state index contributed by atoms with van der Waals surface area (Å²) < 4.78 is 20.5. The van der Waals surface area contributed by atoms with Crippen molar-refractivity contribution in [1.82, 2.24) is 10.2 Å². The van der Waals surface area contributed by atoms with E-state index in [1.54, 1.807) is 12.1 Å². The molecule has 2 aromatic rings. The molecule has 35 heavy (non-hydrogen) atoms. The molecule has 10 nitrogen and oxygen atoms in total. The SMILES string of the molecule is COC(=O)COc1ccc(C(=O)NCc2cccc(NC(=O)CCN3CCOCC3)c2)cc1OC. The minimum absolute atomic E-state index is 0.0562. The Labute approximate surface area is 204 Å². The second kappa shape index (κ2) is 13.3. The summed E-state index contributed by atoms with van der Waals surface area (Å²) >= 11 is 0. The van der Waals surface area contributed by atoms with E-state index in [2.05, 4.69) is 20.3 Å².